The molecular weight excluding hydrogens is 617 g/mol. The van der Waals surface area contributed by atoms with E-state index in [9.17, 15) is 18.0 Å². The van der Waals surface area contributed by atoms with E-state index in [0.29, 0.717) is 33.6 Å². The number of hydrogen-bond donors (Lipinski definition) is 1. The molecular formula is C31H36Cl3N3O4S. The third-order valence-electron chi connectivity index (χ3n) is 6.74. The van der Waals surface area contributed by atoms with Gasteiger partial charge in [0.05, 0.1) is 20.6 Å². The number of benzene rings is 3. The van der Waals surface area contributed by atoms with Gasteiger partial charge in [-0.2, -0.15) is 0 Å². The fraction of sp³-hybridized carbons (Fsp3) is 0.355. The van der Waals surface area contributed by atoms with Crippen molar-refractivity contribution in [1.29, 1.82) is 0 Å². The molecule has 2 amide bonds. The molecule has 0 radical (unpaired) electrons. The number of carbonyl (C=O) groups excluding carboxylic acids is 2. The molecule has 1 N–H and O–H groups in total. The summed E-state index contributed by atoms with van der Waals surface area (Å²) in [6.45, 7) is 9.28. The topological polar surface area (TPSA) is 86.8 Å². The lowest BCUT2D eigenvalue weighted by Crippen LogP contribution is -2.52. The third kappa shape index (κ3) is 8.40. The van der Waals surface area contributed by atoms with Crippen LogP contribution in [0.2, 0.25) is 15.1 Å². The van der Waals surface area contributed by atoms with Crippen LogP contribution in [0.3, 0.4) is 0 Å². The lowest BCUT2D eigenvalue weighted by molar-refractivity contribution is -0.140. The standard InChI is InChI=1S/C31H36Cl3N3O4S/c1-6-29(31(39)35-17-20(2)3)36(18-23-10-14-26(32)28(34)15-23)30(38)19-37(24-11-9-22(5)27(33)16-24)42(40,41)25-12-7-21(4)8-13-25/h7-16,20,29H,6,17-19H2,1-5H3,(H,35,39)/t29-/m0/s1. The van der Waals surface area contributed by atoms with E-state index in [1.165, 1.54) is 23.1 Å². The summed E-state index contributed by atoms with van der Waals surface area (Å²) in [6.07, 6.45) is 0.304. The van der Waals surface area contributed by atoms with Crippen molar-refractivity contribution in [2.24, 2.45) is 5.92 Å². The van der Waals surface area contributed by atoms with Crippen molar-refractivity contribution in [2.45, 2.75) is 58.5 Å². The van der Waals surface area contributed by atoms with Crippen molar-refractivity contribution in [3.63, 3.8) is 0 Å². The molecule has 0 bridgehead atoms. The van der Waals surface area contributed by atoms with Crippen LogP contribution in [0, 0.1) is 19.8 Å². The zero-order chi connectivity index (χ0) is 31.2. The van der Waals surface area contributed by atoms with Crippen molar-refractivity contribution >= 4 is 62.3 Å². The number of anilines is 1. The first-order valence-electron chi connectivity index (χ1n) is 13.6. The number of hydrogen-bond acceptors (Lipinski definition) is 4. The summed E-state index contributed by atoms with van der Waals surface area (Å²) in [5.41, 5.74) is 2.51. The second kappa shape index (κ2) is 14.6. The molecule has 0 unspecified atom stereocenters. The van der Waals surface area contributed by atoms with Crippen LogP contribution in [-0.2, 0) is 26.2 Å². The molecule has 0 saturated carbocycles. The van der Waals surface area contributed by atoms with E-state index in [2.05, 4.69) is 5.32 Å². The lowest BCUT2D eigenvalue weighted by atomic mass is 10.1. The van der Waals surface area contributed by atoms with Crippen LogP contribution in [0.15, 0.2) is 65.6 Å². The first-order chi connectivity index (χ1) is 19.7. The molecule has 0 heterocycles. The van der Waals surface area contributed by atoms with E-state index in [-0.39, 0.29) is 29.0 Å². The molecule has 3 aromatic carbocycles. The molecule has 0 fully saturated rings. The number of halogens is 3. The van der Waals surface area contributed by atoms with Crippen molar-refractivity contribution in [3.05, 3.63) is 92.4 Å². The Hall–Kier alpha value is -2.78. The zero-order valence-electron chi connectivity index (χ0n) is 24.3. The number of sulfonamides is 1. The van der Waals surface area contributed by atoms with E-state index in [1.54, 1.807) is 56.3 Å². The minimum absolute atomic E-state index is 0.0103. The number of amides is 2. The Morgan fingerprint density at radius 1 is 0.881 bits per heavy atom. The monoisotopic (exact) mass is 651 g/mol. The highest BCUT2D eigenvalue weighted by Crippen LogP contribution is 2.29. The van der Waals surface area contributed by atoms with Crippen molar-refractivity contribution in [2.75, 3.05) is 17.4 Å². The van der Waals surface area contributed by atoms with Gasteiger partial charge in [-0.05, 0) is 73.7 Å². The zero-order valence-corrected chi connectivity index (χ0v) is 27.4. The maximum atomic E-state index is 14.2. The highest BCUT2D eigenvalue weighted by Gasteiger charge is 2.34. The van der Waals surface area contributed by atoms with E-state index in [4.69, 9.17) is 34.8 Å². The van der Waals surface area contributed by atoms with Crippen LogP contribution in [0.25, 0.3) is 0 Å². The van der Waals surface area contributed by atoms with Crippen molar-refractivity contribution in [1.82, 2.24) is 10.2 Å². The molecule has 226 valence electrons. The highest BCUT2D eigenvalue weighted by molar-refractivity contribution is 7.92. The minimum Gasteiger partial charge on any atom is -0.354 e. The predicted octanol–water partition coefficient (Wildman–Crippen LogP) is 7.04. The summed E-state index contributed by atoms with van der Waals surface area (Å²) >= 11 is 18.8. The summed E-state index contributed by atoms with van der Waals surface area (Å²) in [5, 5.41) is 3.92. The van der Waals surface area contributed by atoms with Gasteiger partial charge in [0, 0.05) is 18.1 Å². The van der Waals surface area contributed by atoms with Gasteiger partial charge in [-0.1, -0.05) is 85.4 Å². The smallest absolute Gasteiger partial charge is 0.264 e. The minimum atomic E-state index is -4.20. The molecule has 0 spiro atoms. The SMILES string of the molecule is CC[C@@H](C(=O)NCC(C)C)N(Cc1ccc(Cl)c(Cl)c1)C(=O)CN(c1ccc(C)c(Cl)c1)S(=O)(=O)c1ccc(C)cc1. The summed E-state index contributed by atoms with van der Waals surface area (Å²) in [7, 11) is -4.20. The Morgan fingerprint density at radius 2 is 1.55 bits per heavy atom. The van der Waals surface area contributed by atoms with Gasteiger partial charge in [0.25, 0.3) is 10.0 Å². The van der Waals surface area contributed by atoms with Gasteiger partial charge >= 0.3 is 0 Å². The normalized spacial score (nSPS) is 12.2. The van der Waals surface area contributed by atoms with Crippen LogP contribution in [-0.4, -0.2) is 44.3 Å². The molecule has 42 heavy (non-hydrogen) atoms. The number of carbonyl (C=O) groups is 2. The third-order valence-corrected chi connectivity index (χ3v) is 9.67. The van der Waals surface area contributed by atoms with Gasteiger partial charge in [-0.3, -0.25) is 13.9 Å². The second-order valence-corrected chi connectivity index (χ2v) is 13.7. The second-order valence-electron chi connectivity index (χ2n) is 10.6. The Bertz CT molecular complexity index is 1530. The van der Waals surface area contributed by atoms with Crippen LogP contribution in [0.1, 0.15) is 43.9 Å². The summed E-state index contributed by atoms with van der Waals surface area (Å²) in [5.74, 6) is -0.696. The first-order valence-corrected chi connectivity index (χ1v) is 16.2. The highest BCUT2D eigenvalue weighted by atomic mass is 35.5. The van der Waals surface area contributed by atoms with Gasteiger partial charge in [0.15, 0.2) is 0 Å². The average Bonchev–Trinajstić information content (AvgIpc) is 2.94. The number of rotatable bonds is 12. The quantitative estimate of drug-likeness (QED) is 0.227. The largest absolute Gasteiger partial charge is 0.354 e. The molecule has 3 rings (SSSR count). The molecule has 7 nitrogen and oxygen atoms in total. The first kappa shape index (κ1) is 33.7. The van der Waals surface area contributed by atoms with E-state index >= 15 is 0 Å². The van der Waals surface area contributed by atoms with Crippen molar-refractivity contribution < 1.29 is 18.0 Å². The van der Waals surface area contributed by atoms with Gasteiger partial charge in [0.2, 0.25) is 11.8 Å². The van der Waals surface area contributed by atoms with Gasteiger partial charge < -0.3 is 10.2 Å². The van der Waals surface area contributed by atoms with Gasteiger partial charge in [-0.15, -0.1) is 0 Å². The average molecular weight is 653 g/mol. The Labute approximate surface area is 263 Å². The Morgan fingerprint density at radius 3 is 2.12 bits per heavy atom. The van der Waals surface area contributed by atoms with Gasteiger partial charge in [-0.25, -0.2) is 8.42 Å². The van der Waals surface area contributed by atoms with E-state index in [0.717, 1.165) is 15.4 Å². The van der Waals surface area contributed by atoms with E-state index < -0.39 is 28.5 Å². The predicted molar refractivity (Wildman–Crippen MR) is 171 cm³/mol. The van der Waals surface area contributed by atoms with Gasteiger partial charge in [0.1, 0.15) is 12.6 Å². The van der Waals surface area contributed by atoms with Crippen LogP contribution < -0.4 is 9.62 Å². The lowest BCUT2D eigenvalue weighted by Gasteiger charge is -2.33. The fourth-order valence-electron chi connectivity index (χ4n) is 4.28. The maximum Gasteiger partial charge on any atom is 0.264 e. The summed E-state index contributed by atoms with van der Waals surface area (Å²) < 4.78 is 29.0. The van der Waals surface area contributed by atoms with E-state index in [1.807, 2.05) is 20.8 Å². The number of nitrogens with zero attached hydrogens (tertiary/aromatic N) is 2. The summed E-state index contributed by atoms with van der Waals surface area (Å²) in [6, 6.07) is 15.3. The molecule has 1 atom stereocenters. The molecule has 0 aliphatic heterocycles. The Kier molecular flexibility index (Phi) is 11.7. The number of aryl methyl sites for hydroxylation is 2. The summed E-state index contributed by atoms with van der Waals surface area (Å²) in [4.78, 5) is 28.9. The Balaban J connectivity index is 2.09. The molecule has 11 heteroatoms. The molecule has 0 aliphatic rings. The molecule has 3 aromatic rings. The molecule has 0 aromatic heterocycles. The molecule has 0 saturated heterocycles. The fourth-order valence-corrected chi connectivity index (χ4v) is 6.18. The molecule has 0 aliphatic carbocycles. The van der Waals surface area contributed by atoms with Crippen molar-refractivity contribution in [3.8, 4) is 0 Å². The van der Waals surface area contributed by atoms with Crippen LogP contribution in [0.5, 0.6) is 0 Å². The van der Waals surface area contributed by atoms with Crippen LogP contribution in [0.4, 0.5) is 5.69 Å². The number of nitrogens with one attached hydrogen (secondary N) is 1. The van der Waals surface area contributed by atoms with Crippen LogP contribution >= 0.6 is 34.8 Å². The maximum absolute atomic E-state index is 14.2.